The molecule has 1 atom stereocenters. The highest BCUT2D eigenvalue weighted by atomic mass is 35.5. The highest BCUT2D eigenvalue weighted by Gasteiger charge is 2.59. The van der Waals surface area contributed by atoms with Crippen molar-refractivity contribution in [3.05, 3.63) is 100 Å². The predicted molar refractivity (Wildman–Crippen MR) is 121 cm³/mol. The van der Waals surface area contributed by atoms with Crippen LogP contribution in [0.1, 0.15) is 21.5 Å². The quantitative estimate of drug-likeness (QED) is 0.528. The number of hydrogen-bond donors (Lipinski definition) is 0. The van der Waals surface area contributed by atoms with Crippen molar-refractivity contribution in [3.63, 3.8) is 0 Å². The minimum Gasteiger partial charge on any atom is -0.311 e. The first kappa shape index (κ1) is 21.0. The second-order valence-electron chi connectivity index (χ2n) is 7.60. The summed E-state index contributed by atoms with van der Waals surface area (Å²) in [7, 11) is 0. The van der Waals surface area contributed by atoms with Gasteiger partial charge >= 0.3 is 0 Å². The molecule has 0 unspecified atom stereocenters. The van der Waals surface area contributed by atoms with Gasteiger partial charge in [-0.2, -0.15) is 0 Å². The van der Waals surface area contributed by atoms with Crippen LogP contribution in [0.2, 0.25) is 5.02 Å². The average molecular weight is 471 g/mol. The Labute approximate surface area is 192 Å². The van der Waals surface area contributed by atoms with Crippen LogP contribution in [0.4, 0.5) is 14.5 Å². The highest BCUT2D eigenvalue weighted by Crippen LogP contribution is 2.55. The van der Waals surface area contributed by atoms with E-state index in [-0.39, 0.29) is 24.6 Å². The van der Waals surface area contributed by atoms with Gasteiger partial charge in [0.05, 0.1) is 12.2 Å². The van der Waals surface area contributed by atoms with Gasteiger partial charge in [0.25, 0.3) is 11.8 Å². The summed E-state index contributed by atoms with van der Waals surface area (Å²) >= 11 is 7.61. The molecule has 4 nitrogen and oxygen atoms in total. The Balaban J connectivity index is 1.61. The van der Waals surface area contributed by atoms with Crippen LogP contribution in [-0.2, 0) is 16.2 Å². The molecule has 2 aliphatic rings. The van der Waals surface area contributed by atoms with Crippen LogP contribution < -0.4 is 4.90 Å². The van der Waals surface area contributed by atoms with E-state index in [1.807, 2.05) is 12.1 Å². The van der Waals surface area contributed by atoms with Crippen LogP contribution in [0.15, 0.2) is 66.7 Å². The number of amides is 2. The Morgan fingerprint density at radius 1 is 1.03 bits per heavy atom. The molecule has 2 heterocycles. The summed E-state index contributed by atoms with van der Waals surface area (Å²) in [5, 5.41) is 0.511. The molecule has 0 bridgehead atoms. The number of hydrogen-bond acceptors (Lipinski definition) is 3. The zero-order valence-corrected chi connectivity index (χ0v) is 18.3. The molecule has 0 radical (unpaired) electrons. The van der Waals surface area contributed by atoms with E-state index in [0.717, 1.165) is 11.6 Å². The van der Waals surface area contributed by atoms with Crippen LogP contribution in [0.3, 0.4) is 0 Å². The molecule has 0 aromatic heterocycles. The highest BCUT2D eigenvalue weighted by molar-refractivity contribution is 8.01. The van der Waals surface area contributed by atoms with E-state index in [2.05, 4.69) is 0 Å². The van der Waals surface area contributed by atoms with Crippen molar-refractivity contribution in [2.45, 2.75) is 11.4 Å². The van der Waals surface area contributed by atoms with Gasteiger partial charge < -0.3 is 9.80 Å². The Morgan fingerprint density at radius 3 is 2.59 bits per heavy atom. The lowest BCUT2D eigenvalue weighted by molar-refractivity contribution is -0.123. The Hall–Kier alpha value is -2.90. The zero-order chi connectivity index (χ0) is 22.5. The largest absolute Gasteiger partial charge is 0.311 e. The molecule has 0 saturated carbocycles. The molecule has 1 fully saturated rings. The molecule has 1 spiro atoms. The second kappa shape index (κ2) is 7.90. The van der Waals surface area contributed by atoms with Gasteiger partial charge in [-0.1, -0.05) is 35.9 Å². The maximum atomic E-state index is 14.3. The van der Waals surface area contributed by atoms with Crippen molar-refractivity contribution in [2.75, 3.05) is 17.2 Å². The molecule has 8 heteroatoms. The van der Waals surface area contributed by atoms with E-state index in [1.54, 1.807) is 23.1 Å². The number of benzene rings is 3. The molecule has 3 aromatic rings. The molecule has 2 aliphatic heterocycles. The molecule has 32 heavy (non-hydrogen) atoms. The summed E-state index contributed by atoms with van der Waals surface area (Å²) < 4.78 is 28.1. The molecule has 162 valence electrons. The summed E-state index contributed by atoms with van der Waals surface area (Å²) in [6.07, 6.45) is 0. The van der Waals surface area contributed by atoms with Gasteiger partial charge in [0.2, 0.25) is 0 Å². The molecule has 3 aromatic carbocycles. The van der Waals surface area contributed by atoms with Crippen molar-refractivity contribution in [1.82, 2.24) is 4.90 Å². The Bertz CT molecular complexity index is 1250. The molecule has 0 aliphatic carbocycles. The van der Waals surface area contributed by atoms with Gasteiger partial charge in [-0.05, 0) is 48.0 Å². The normalized spacial score (nSPS) is 19.7. The monoisotopic (exact) mass is 470 g/mol. The molecule has 1 saturated heterocycles. The van der Waals surface area contributed by atoms with E-state index in [9.17, 15) is 18.4 Å². The van der Waals surface area contributed by atoms with Crippen molar-refractivity contribution in [3.8, 4) is 0 Å². The fraction of sp³-hybridized carbons (Fsp3) is 0.167. The minimum atomic E-state index is -1.41. The topological polar surface area (TPSA) is 40.6 Å². The summed E-state index contributed by atoms with van der Waals surface area (Å²) in [5.41, 5.74) is 1.83. The second-order valence-corrected chi connectivity index (χ2v) is 9.30. The fourth-order valence-corrected chi connectivity index (χ4v) is 5.97. The van der Waals surface area contributed by atoms with Crippen molar-refractivity contribution in [1.29, 1.82) is 0 Å². The van der Waals surface area contributed by atoms with Crippen LogP contribution in [0.25, 0.3) is 0 Å². The molecule has 0 N–H and O–H groups in total. The van der Waals surface area contributed by atoms with Gasteiger partial charge in [-0.25, -0.2) is 8.78 Å². The first-order valence-electron chi connectivity index (χ1n) is 9.99. The maximum Gasteiger partial charge on any atom is 0.268 e. The van der Waals surface area contributed by atoms with Crippen molar-refractivity contribution >= 4 is 40.9 Å². The van der Waals surface area contributed by atoms with E-state index in [1.165, 1.54) is 47.0 Å². The lowest BCUT2D eigenvalue weighted by atomic mass is 10.0. The van der Waals surface area contributed by atoms with Gasteiger partial charge in [0.15, 0.2) is 4.87 Å². The summed E-state index contributed by atoms with van der Waals surface area (Å²) in [5.74, 6) is -1.37. The first-order valence-corrected chi connectivity index (χ1v) is 11.3. The minimum absolute atomic E-state index is 0.141. The van der Waals surface area contributed by atoms with Gasteiger partial charge in [0.1, 0.15) is 11.6 Å². The van der Waals surface area contributed by atoms with Crippen LogP contribution in [0, 0.1) is 11.6 Å². The fourth-order valence-electron chi connectivity index (χ4n) is 4.32. The number of carbonyl (C=O) groups excluding carboxylic acids is 2. The third-order valence-electron chi connectivity index (χ3n) is 5.76. The Kier molecular flexibility index (Phi) is 5.18. The number of anilines is 1. The predicted octanol–water partition coefficient (Wildman–Crippen LogP) is 5.21. The maximum absolute atomic E-state index is 14.3. The summed E-state index contributed by atoms with van der Waals surface area (Å²) in [4.78, 5) is 28.8. The van der Waals surface area contributed by atoms with Crippen LogP contribution in [0.5, 0.6) is 0 Å². The van der Waals surface area contributed by atoms with Crippen molar-refractivity contribution in [2.24, 2.45) is 0 Å². The number of rotatable bonds is 3. The molecule has 2 amide bonds. The van der Waals surface area contributed by atoms with E-state index >= 15 is 0 Å². The average Bonchev–Trinajstić information content (AvgIpc) is 3.32. The SMILES string of the molecule is O=C(c1cccc(F)c1)N1CCS[C@]12C(=O)N(Cc1ccccc1Cl)c1ccc(F)cc12. The zero-order valence-electron chi connectivity index (χ0n) is 16.7. The van der Waals surface area contributed by atoms with Gasteiger partial charge in [-0.3, -0.25) is 9.59 Å². The number of fused-ring (bicyclic) bond motifs is 2. The van der Waals surface area contributed by atoms with Gasteiger partial charge in [0, 0.05) is 28.4 Å². The first-order chi connectivity index (χ1) is 15.4. The van der Waals surface area contributed by atoms with Crippen molar-refractivity contribution < 1.29 is 18.4 Å². The number of thioether (sulfide) groups is 1. The standard InChI is InChI=1S/C24H17ClF2N2O2S/c25-20-7-2-1-4-16(20)14-28-21-9-8-18(27)13-19(21)24(23(28)31)29(10-11-32-24)22(30)15-5-3-6-17(26)12-15/h1-9,12-13H,10-11,14H2/t24-/m1/s1. The Morgan fingerprint density at radius 2 is 1.81 bits per heavy atom. The summed E-state index contributed by atoms with van der Waals surface area (Å²) in [6, 6.07) is 16.7. The molecular weight excluding hydrogens is 454 g/mol. The molecular formula is C24H17ClF2N2O2S. The smallest absolute Gasteiger partial charge is 0.268 e. The van der Waals surface area contributed by atoms with E-state index in [4.69, 9.17) is 11.6 Å². The van der Waals surface area contributed by atoms with Crippen LogP contribution >= 0.6 is 23.4 Å². The molecule has 5 rings (SSSR count). The van der Waals surface area contributed by atoms with Gasteiger partial charge in [-0.15, -0.1) is 11.8 Å². The summed E-state index contributed by atoms with van der Waals surface area (Å²) in [6.45, 7) is 0.461. The van der Waals surface area contributed by atoms with E-state index in [0.29, 0.717) is 22.0 Å². The third kappa shape index (κ3) is 3.19. The number of nitrogens with zero attached hydrogens (tertiary/aromatic N) is 2. The van der Waals surface area contributed by atoms with E-state index < -0.39 is 22.4 Å². The lowest BCUT2D eigenvalue weighted by Crippen LogP contribution is -2.50. The van der Waals surface area contributed by atoms with Crippen LogP contribution in [-0.4, -0.2) is 29.0 Å². The number of halogens is 3. The lowest BCUT2D eigenvalue weighted by Gasteiger charge is -2.33. The third-order valence-corrected chi connectivity index (χ3v) is 7.55. The number of carbonyl (C=O) groups is 2.